The number of carbonyl (C=O) groups is 1. The van der Waals surface area contributed by atoms with E-state index in [1.165, 1.54) is 30.3 Å². The van der Waals surface area contributed by atoms with Gasteiger partial charge in [0.2, 0.25) is 0 Å². The van der Waals surface area contributed by atoms with Crippen LogP contribution < -0.4 is 16.0 Å². The molecule has 9 nitrogen and oxygen atoms in total. The second-order valence-electron chi connectivity index (χ2n) is 9.21. The number of hydrogen-bond donors (Lipinski definition) is 2. The Labute approximate surface area is 233 Å². The first kappa shape index (κ1) is 26.5. The summed E-state index contributed by atoms with van der Waals surface area (Å²) < 4.78 is 6.86. The molecule has 4 aromatic rings. The third kappa shape index (κ3) is 5.84. The number of aromatic hydroxyl groups is 1. The minimum absolute atomic E-state index is 0.0130. The molecule has 1 aliphatic rings. The van der Waals surface area contributed by atoms with Gasteiger partial charge >= 0.3 is 5.69 Å². The molecule has 1 amide bonds. The number of phenolic OH excluding ortho intramolecular Hbond substituents is 1. The molecule has 1 saturated heterocycles. The number of aromatic nitrogens is 3. The molecule has 5 rings (SSSR count). The number of benzene rings is 3. The van der Waals surface area contributed by atoms with Gasteiger partial charge in [0.25, 0.3) is 11.5 Å². The van der Waals surface area contributed by atoms with Crippen LogP contribution in [-0.2, 0) is 6.42 Å². The fourth-order valence-corrected chi connectivity index (χ4v) is 5.24. The van der Waals surface area contributed by atoms with Crippen molar-refractivity contribution in [3.8, 4) is 22.9 Å². The molecule has 0 spiro atoms. The highest BCUT2D eigenvalue weighted by Gasteiger charge is 2.29. The van der Waals surface area contributed by atoms with Gasteiger partial charge in [0.15, 0.2) is 5.75 Å². The lowest BCUT2D eigenvalue weighted by Crippen LogP contribution is -2.44. The van der Waals surface area contributed by atoms with Gasteiger partial charge in [0, 0.05) is 12.6 Å². The fraction of sp³-hybridized carbons (Fsp3) is 0.214. The van der Waals surface area contributed by atoms with E-state index in [2.05, 4.69) is 10.1 Å². The number of aromatic amines is 1. The Kier molecular flexibility index (Phi) is 7.72. The normalized spacial score (nSPS) is 15.2. The van der Waals surface area contributed by atoms with Crippen LogP contribution in [0.1, 0.15) is 35.2 Å². The van der Waals surface area contributed by atoms with Crippen LogP contribution in [0.5, 0.6) is 17.2 Å². The van der Waals surface area contributed by atoms with Crippen molar-refractivity contribution in [2.45, 2.75) is 31.7 Å². The van der Waals surface area contributed by atoms with Gasteiger partial charge in [-0.05, 0) is 61.6 Å². The molecule has 11 heteroatoms. The molecule has 1 aliphatic heterocycles. The highest BCUT2D eigenvalue weighted by molar-refractivity contribution is 6.37. The second kappa shape index (κ2) is 11.3. The second-order valence-corrected chi connectivity index (χ2v) is 10.0. The quantitative estimate of drug-likeness (QED) is 0.340. The number of hydrogen-bond acceptors (Lipinski definition) is 6. The summed E-state index contributed by atoms with van der Waals surface area (Å²) in [7, 11) is 0. The van der Waals surface area contributed by atoms with Gasteiger partial charge in [0.1, 0.15) is 17.7 Å². The summed E-state index contributed by atoms with van der Waals surface area (Å²) in [4.78, 5) is 41.0. The van der Waals surface area contributed by atoms with Crippen LogP contribution in [0.25, 0.3) is 5.69 Å². The molecule has 0 radical (unpaired) electrons. The first-order valence-corrected chi connectivity index (χ1v) is 13.1. The molecule has 0 bridgehead atoms. The summed E-state index contributed by atoms with van der Waals surface area (Å²) in [6, 6.07) is 17.2. The molecule has 1 atom stereocenters. The molecule has 39 heavy (non-hydrogen) atoms. The lowest BCUT2D eigenvalue weighted by atomic mass is 9.94. The Bertz CT molecular complexity index is 1610. The number of H-pyrrole nitrogens is 1. The number of piperidine rings is 1. The summed E-state index contributed by atoms with van der Waals surface area (Å²) in [5, 5.41) is 14.5. The summed E-state index contributed by atoms with van der Waals surface area (Å²) in [6.07, 6.45) is 4.48. The highest BCUT2D eigenvalue weighted by Crippen LogP contribution is 2.39. The third-order valence-corrected chi connectivity index (χ3v) is 7.12. The van der Waals surface area contributed by atoms with Crippen molar-refractivity contribution >= 4 is 29.1 Å². The van der Waals surface area contributed by atoms with Crippen molar-refractivity contribution in [2.75, 3.05) is 6.54 Å². The van der Waals surface area contributed by atoms with Crippen LogP contribution in [0.4, 0.5) is 0 Å². The first-order valence-electron chi connectivity index (χ1n) is 12.3. The van der Waals surface area contributed by atoms with E-state index in [0.29, 0.717) is 6.54 Å². The van der Waals surface area contributed by atoms with E-state index in [1.807, 2.05) is 35.2 Å². The van der Waals surface area contributed by atoms with Gasteiger partial charge in [-0.25, -0.2) is 4.79 Å². The topological polar surface area (TPSA) is 118 Å². The molecule has 200 valence electrons. The van der Waals surface area contributed by atoms with Crippen molar-refractivity contribution in [3.05, 3.63) is 109 Å². The van der Waals surface area contributed by atoms with Gasteiger partial charge in [-0.15, -0.1) is 0 Å². The Morgan fingerprint density at radius 1 is 1.05 bits per heavy atom. The summed E-state index contributed by atoms with van der Waals surface area (Å²) in [5.74, 6) is -0.116. The van der Waals surface area contributed by atoms with Crippen LogP contribution in [0, 0.1) is 0 Å². The smallest absolute Gasteiger partial charge is 0.349 e. The molecule has 0 aliphatic carbocycles. The molecular formula is C28H24Cl2N4O5. The molecular weight excluding hydrogens is 543 g/mol. The lowest BCUT2D eigenvalue weighted by molar-refractivity contribution is 0.0610. The molecule has 1 fully saturated rings. The summed E-state index contributed by atoms with van der Waals surface area (Å²) in [5.41, 5.74) is 0.0842. The van der Waals surface area contributed by atoms with Crippen LogP contribution in [-0.4, -0.2) is 43.3 Å². The van der Waals surface area contributed by atoms with E-state index >= 15 is 0 Å². The van der Waals surface area contributed by atoms with Crippen LogP contribution in [0.15, 0.2) is 76.4 Å². The van der Waals surface area contributed by atoms with Gasteiger partial charge < -0.3 is 14.7 Å². The maximum absolute atomic E-state index is 13.6. The predicted molar refractivity (Wildman–Crippen MR) is 147 cm³/mol. The van der Waals surface area contributed by atoms with E-state index in [-0.39, 0.29) is 50.5 Å². The van der Waals surface area contributed by atoms with E-state index in [0.717, 1.165) is 42.1 Å². The number of halogens is 2. The van der Waals surface area contributed by atoms with Crippen LogP contribution >= 0.6 is 23.2 Å². The van der Waals surface area contributed by atoms with Gasteiger partial charge in [-0.3, -0.25) is 14.6 Å². The third-order valence-electron chi connectivity index (χ3n) is 6.56. The first-order chi connectivity index (χ1) is 18.8. The van der Waals surface area contributed by atoms with Gasteiger partial charge in [0.05, 0.1) is 21.3 Å². The zero-order valence-corrected chi connectivity index (χ0v) is 22.2. The van der Waals surface area contributed by atoms with Crippen LogP contribution in [0.2, 0.25) is 10.0 Å². The highest BCUT2D eigenvalue weighted by atomic mass is 35.5. The number of nitrogens with one attached hydrogen (secondary N) is 1. The number of phenols is 1. The molecule has 3 aromatic carbocycles. The van der Waals surface area contributed by atoms with E-state index in [4.69, 9.17) is 27.9 Å². The average molecular weight is 567 g/mol. The number of amides is 1. The maximum atomic E-state index is 13.6. The Hall–Kier alpha value is -4.08. The standard InChI is InChI=1S/C28H24Cl2N4O5/c29-22-13-19(34-28(38)32-25(36)16-31-34)14-23(30)26(22)39-20-9-10-24(35)21(15-20)27(37)33-11-5-4-8-18(33)12-17-6-2-1-3-7-17/h1-3,6-7,9-10,13-16,18,35H,4-5,8,11-12H2,(H,32,36,38). The van der Waals surface area contributed by atoms with E-state index in [1.54, 1.807) is 0 Å². The minimum Gasteiger partial charge on any atom is -0.507 e. The van der Waals surface area contributed by atoms with Crippen molar-refractivity contribution in [1.82, 2.24) is 19.7 Å². The summed E-state index contributed by atoms with van der Waals surface area (Å²) in [6.45, 7) is 0.595. The molecule has 2 heterocycles. The van der Waals surface area contributed by atoms with Crippen molar-refractivity contribution in [2.24, 2.45) is 0 Å². The Morgan fingerprint density at radius 2 is 1.79 bits per heavy atom. The minimum atomic E-state index is -0.756. The van der Waals surface area contributed by atoms with Gasteiger partial charge in [-0.1, -0.05) is 53.5 Å². The molecule has 1 unspecified atom stereocenters. The van der Waals surface area contributed by atoms with Crippen molar-refractivity contribution in [3.63, 3.8) is 0 Å². The molecule has 2 N–H and O–H groups in total. The fourth-order valence-electron chi connectivity index (χ4n) is 4.69. The Morgan fingerprint density at radius 3 is 2.51 bits per heavy atom. The van der Waals surface area contributed by atoms with Crippen LogP contribution in [0.3, 0.4) is 0 Å². The van der Waals surface area contributed by atoms with E-state index in [9.17, 15) is 19.5 Å². The largest absolute Gasteiger partial charge is 0.507 e. The molecule has 0 saturated carbocycles. The Balaban J connectivity index is 1.40. The number of nitrogens with zero attached hydrogens (tertiary/aromatic N) is 3. The number of rotatable bonds is 6. The maximum Gasteiger partial charge on any atom is 0.349 e. The SMILES string of the molecule is O=C(c1cc(Oc2c(Cl)cc(-n3ncc(=O)[nH]c3=O)cc2Cl)ccc1O)N1CCCCC1Cc1ccccc1. The van der Waals surface area contributed by atoms with Crippen molar-refractivity contribution in [1.29, 1.82) is 0 Å². The number of carbonyl (C=O) groups excluding carboxylic acids is 1. The number of likely N-dealkylation sites (tertiary alicyclic amines) is 1. The van der Waals surface area contributed by atoms with Gasteiger partial charge in [-0.2, -0.15) is 9.78 Å². The number of ether oxygens (including phenoxy) is 1. The predicted octanol–water partition coefficient (Wildman–Crippen LogP) is 4.96. The molecule has 1 aromatic heterocycles. The lowest BCUT2D eigenvalue weighted by Gasteiger charge is -2.36. The zero-order chi connectivity index (χ0) is 27.5. The summed E-state index contributed by atoms with van der Waals surface area (Å²) >= 11 is 12.8. The van der Waals surface area contributed by atoms with Crippen molar-refractivity contribution < 1.29 is 14.6 Å². The average Bonchev–Trinajstić information content (AvgIpc) is 2.92. The zero-order valence-electron chi connectivity index (χ0n) is 20.6. The van der Waals surface area contributed by atoms with E-state index < -0.39 is 11.2 Å². The monoisotopic (exact) mass is 566 g/mol.